The summed E-state index contributed by atoms with van der Waals surface area (Å²) in [6, 6.07) is 4.64. The number of aliphatic hydroxyl groups is 2. The molecule has 3 N–H and O–H groups in total. The Balaban J connectivity index is 2.34. The summed E-state index contributed by atoms with van der Waals surface area (Å²) in [6.07, 6.45) is 3.15. The predicted octanol–water partition coefficient (Wildman–Crippen LogP) is 0.588. The molecular weight excluding hydrogens is 268 g/mol. The van der Waals surface area contributed by atoms with E-state index in [4.69, 9.17) is 5.11 Å². The third-order valence-electron chi connectivity index (χ3n) is 2.94. The zero-order valence-corrected chi connectivity index (χ0v) is 10.6. The quantitative estimate of drug-likeness (QED) is 0.679. The van der Waals surface area contributed by atoms with Crippen LogP contribution in [0.3, 0.4) is 0 Å². The molecule has 0 saturated carbocycles. The number of rotatable bonds is 6. The molecule has 0 spiro atoms. The van der Waals surface area contributed by atoms with Crippen molar-refractivity contribution in [3.8, 4) is 0 Å². The van der Waals surface area contributed by atoms with Gasteiger partial charge < -0.3 is 10.2 Å². The Kier molecular flexibility index (Phi) is 4.43. The zero-order valence-electron chi connectivity index (χ0n) is 10.6. The molecule has 1 atom stereocenters. The first kappa shape index (κ1) is 14.6. The molecular formula is C13H15F2N3O2. The van der Waals surface area contributed by atoms with Crippen LogP contribution in [0.25, 0.3) is 0 Å². The number of halogens is 2. The molecule has 20 heavy (non-hydrogen) atoms. The van der Waals surface area contributed by atoms with Gasteiger partial charge in [0, 0.05) is 30.6 Å². The molecule has 2 aromatic rings. The Morgan fingerprint density at radius 2 is 2.15 bits per heavy atom. The standard InChI is InChI=1S/C13H15F2N3O2/c14-10-2-3-11(12(15)6-10)13(20,7-16-9-19)8-18-5-1-4-17-18/h1-6,16,19-20H,7-9H2. The van der Waals surface area contributed by atoms with E-state index in [1.54, 1.807) is 12.3 Å². The van der Waals surface area contributed by atoms with Gasteiger partial charge >= 0.3 is 0 Å². The van der Waals surface area contributed by atoms with Crippen LogP contribution in [0.4, 0.5) is 8.78 Å². The van der Waals surface area contributed by atoms with Crippen LogP contribution in [0.2, 0.25) is 0 Å². The number of hydrogen-bond donors (Lipinski definition) is 3. The topological polar surface area (TPSA) is 70.3 Å². The van der Waals surface area contributed by atoms with Gasteiger partial charge in [-0.05, 0) is 12.1 Å². The van der Waals surface area contributed by atoms with Gasteiger partial charge in [-0.25, -0.2) is 8.78 Å². The Bertz CT molecular complexity index is 563. The highest BCUT2D eigenvalue weighted by Crippen LogP contribution is 2.26. The van der Waals surface area contributed by atoms with E-state index >= 15 is 0 Å². The van der Waals surface area contributed by atoms with Crippen LogP contribution in [-0.2, 0) is 12.1 Å². The molecule has 2 rings (SSSR count). The Morgan fingerprint density at radius 3 is 2.75 bits per heavy atom. The van der Waals surface area contributed by atoms with Crippen molar-refractivity contribution in [3.05, 3.63) is 53.9 Å². The maximum Gasteiger partial charge on any atom is 0.132 e. The molecule has 0 aliphatic heterocycles. The lowest BCUT2D eigenvalue weighted by Crippen LogP contribution is -2.42. The van der Waals surface area contributed by atoms with Crippen LogP contribution in [0.5, 0.6) is 0 Å². The first-order valence-corrected chi connectivity index (χ1v) is 6.02. The van der Waals surface area contributed by atoms with Crippen LogP contribution < -0.4 is 5.32 Å². The molecule has 1 heterocycles. The average Bonchev–Trinajstić information content (AvgIpc) is 2.88. The van der Waals surface area contributed by atoms with Gasteiger partial charge in [0.1, 0.15) is 17.2 Å². The summed E-state index contributed by atoms with van der Waals surface area (Å²) >= 11 is 0. The van der Waals surface area contributed by atoms with Gasteiger partial charge in [0.25, 0.3) is 0 Å². The molecule has 108 valence electrons. The first-order chi connectivity index (χ1) is 9.55. The van der Waals surface area contributed by atoms with Crippen molar-refractivity contribution < 1.29 is 19.0 Å². The van der Waals surface area contributed by atoms with Gasteiger partial charge in [-0.2, -0.15) is 5.10 Å². The van der Waals surface area contributed by atoms with Crippen LogP contribution in [0.1, 0.15) is 5.56 Å². The summed E-state index contributed by atoms with van der Waals surface area (Å²) < 4.78 is 28.3. The van der Waals surface area contributed by atoms with Crippen molar-refractivity contribution in [1.29, 1.82) is 0 Å². The van der Waals surface area contributed by atoms with Gasteiger partial charge in [0.05, 0.1) is 13.3 Å². The minimum Gasteiger partial charge on any atom is -0.382 e. The molecule has 0 fully saturated rings. The van der Waals surface area contributed by atoms with Crippen molar-refractivity contribution in [3.63, 3.8) is 0 Å². The molecule has 1 unspecified atom stereocenters. The van der Waals surface area contributed by atoms with Crippen molar-refractivity contribution in [2.24, 2.45) is 0 Å². The fourth-order valence-electron chi connectivity index (χ4n) is 2.03. The first-order valence-electron chi connectivity index (χ1n) is 6.02. The molecule has 0 bridgehead atoms. The molecule has 0 aliphatic carbocycles. The molecule has 0 radical (unpaired) electrons. The van der Waals surface area contributed by atoms with E-state index < -0.39 is 17.2 Å². The normalized spacial score (nSPS) is 14.2. The van der Waals surface area contributed by atoms with Gasteiger partial charge in [-0.1, -0.05) is 6.07 Å². The molecule has 7 heteroatoms. The molecule has 1 aromatic heterocycles. The van der Waals surface area contributed by atoms with Gasteiger partial charge in [-0.3, -0.25) is 10.00 Å². The number of benzene rings is 1. The number of aliphatic hydroxyl groups excluding tert-OH is 1. The number of aromatic nitrogens is 2. The van der Waals surface area contributed by atoms with Crippen molar-refractivity contribution in [2.75, 3.05) is 13.3 Å². The predicted molar refractivity (Wildman–Crippen MR) is 67.6 cm³/mol. The largest absolute Gasteiger partial charge is 0.382 e. The SMILES string of the molecule is OCNCC(O)(Cn1cccn1)c1ccc(F)cc1F. The summed E-state index contributed by atoms with van der Waals surface area (Å²) in [4.78, 5) is 0. The van der Waals surface area contributed by atoms with Crippen molar-refractivity contribution >= 4 is 0 Å². The van der Waals surface area contributed by atoms with Crippen LogP contribution in [0.15, 0.2) is 36.7 Å². The Hall–Kier alpha value is -1.83. The van der Waals surface area contributed by atoms with Crippen molar-refractivity contribution in [1.82, 2.24) is 15.1 Å². The Labute approximate surface area is 114 Å². The van der Waals surface area contributed by atoms with E-state index in [1.165, 1.54) is 16.9 Å². The molecule has 5 nitrogen and oxygen atoms in total. The van der Waals surface area contributed by atoms with E-state index in [0.29, 0.717) is 6.07 Å². The third kappa shape index (κ3) is 3.19. The third-order valence-corrected chi connectivity index (χ3v) is 2.94. The van der Waals surface area contributed by atoms with Gasteiger partial charge in [0.2, 0.25) is 0 Å². The number of nitrogens with zero attached hydrogens (tertiary/aromatic N) is 2. The second kappa shape index (κ2) is 6.08. The minimum atomic E-state index is -1.66. The highest BCUT2D eigenvalue weighted by atomic mass is 19.1. The molecule has 0 amide bonds. The fourth-order valence-corrected chi connectivity index (χ4v) is 2.03. The number of nitrogens with one attached hydrogen (secondary N) is 1. The van der Waals surface area contributed by atoms with E-state index in [0.717, 1.165) is 6.07 Å². The van der Waals surface area contributed by atoms with E-state index in [9.17, 15) is 13.9 Å². The maximum atomic E-state index is 13.9. The molecule has 0 saturated heterocycles. The highest BCUT2D eigenvalue weighted by Gasteiger charge is 2.32. The van der Waals surface area contributed by atoms with E-state index in [1.807, 2.05) is 0 Å². The van der Waals surface area contributed by atoms with Crippen LogP contribution in [0, 0.1) is 11.6 Å². The summed E-state index contributed by atoms with van der Waals surface area (Å²) in [5.41, 5.74) is -1.72. The van der Waals surface area contributed by atoms with E-state index in [2.05, 4.69) is 10.4 Å². The lowest BCUT2D eigenvalue weighted by atomic mass is 9.93. The summed E-state index contributed by atoms with van der Waals surface area (Å²) in [5.74, 6) is -1.57. The summed E-state index contributed by atoms with van der Waals surface area (Å²) in [7, 11) is 0. The second-order valence-corrected chi connectivity index (χ2v) is 4.44. The zero-order chi connectivity index (χ0) is 14.6. The average molecular weight is 283 g/mol. The van der Waals surface area contributed by atoms with Crippen LogP contribution >= 0.6 is 0 Å². The van der Waals surface area contributed by atoms with Crippen molar-refractivity contribution in [2.45, 2.75) is 12.1 Å². The Morgan fingerprint density at radius 1 is 1.35 bits per heavy atom. The second-order valence-electron chi connectivity index (χ2n) is 4.44. The van der Waals surface area contributed by atoms with Gasteiger partial charge in [0.15, 0.2) is 0 Å². The monoisotopic (exact) mass is 283 g/mol. The smallest absolute Gasteiger partial charge is 0.132 e. The lowest BCUT2D eigenvalue weighted by molar-refractivity contribution is 0.00679. The summed E-state index contributed by atoms with van der Waals surface area (Å²) in [5, 5.41) is 26.0. The number of hydrogen-bond acceptors (Lipinski definition) is 4. The lowest BCUT2D eigenvalue weighted by Gasteiger charge is -2.29. The maximum absolute atomic E-state index is 13.9. The van der Waals surface area contributed by atoms with E-state index in [-0.39, 0.29) is 25.4 Å². The molecule has 1 aromatic carbocycles. The minimum absolute atomic E-state index is 0.0322. The fraction of sp³-hybridized carbons (Fsp3) is 0.308. The van der Waals surface area contributed by atoms with Gasteiger partial charge in [-0.15, -0.1) is 0 Å². The molecule has 0 aliphatic rings. The van der Waals surface area contributed by atoms with Crippen LogP contribution in [-0.4, -0.2) is 33.3 Å². The highest BCUT2D eigenvalue weighted by molar-refractivity contribution is 5.25. The summed E-state index contributed by atoms with van der Waals surface area (Å²) in [6.45, 7) is -0.508.